The number of amides is 2. The van der Waals surface area contributed by atoms with Crippen LogP contribution < -0.4 is 10.6 Å². The van der Waals surface area contributed by atoms with Crippen LogP contribution in [-0.2, 0) is 21.2 Å². The Morgan fingerprint density at radius 3 is 2.17 bits per heavy atom. The molecule has 8 heteroatoms. The van der Waals surface area contributed by atoms with Crippen molar-refractivity contribution in [2.24, 2.45) is 5.92 Å². The van der Waals surface area contributed by atoms with Crippen LogP contribution in [0.2, 0.25) is 0 Å². The number of carbonyl (C=O) groups excluding carboxylic acids is 2. The van der Waals surface area contributed by atoms with Gasteiger partial charge in [0.15, 0.2) is 9.84 Å². The number of hydrogen-bond donors (Lipinski definition) is 2. The highest BCUT2D eigenvalue weighted by Crippen LogP contribution is 2.31. The van der Waals surface area contributed by atoms with Gasteiger partial charge < -0.3 is 10.6 Å². The van der Waals surface area contributed by atoms with Gasteiger partial charge in [0.2, 0.25) is 5.91 Å². The van der Waals surface area contributed by atoms with E-state index in [1.807, 2.05) is 60.7 Å². The van der Waals surface area contributed by atoms with E-state index in [9.17, 15) is 18.0 Å². The molecule has 1 aliphatic carbocycles. The molecule has 5 rings (SSSR count). The highest BCUT2D eigenvalue weighted by atomic mass is 32.2. The molecule has 7 nitrogen and oxygen atoms in total. The normalized spacial score (nSPS) is 17.3. The summed E-state index contributed by atoms with van der Waals surface area (Å²) in [6, 6.07) is 22.7. The molecule has 0 aromatic heterocycles. The maximum Gasteiger partial charge on any atom is 0.255 e. The second-order valence-corrected chi connectivity index (χ2v) is 11.8. The summed E-state index contributed by atoms with van der Waals surface area (Å²) < 4.78 is 23.2. The smallest absolute Gasteiger partial charge is 0.255 e. The maximum atomic E-state index is 12.7. The lowest BCUT2D eigenvalue weighted by molar-refractivity contribution is -0.117. The Kier molecular flexibility index (Phi) is 6.89. The van der Waals surface area contributed by atoms with Crippen molar-refractivity contribution >= 4 is 33.0 Å². The van der Waals surface area contributed by atoms with Gasteiger partial charge in [-0.3, -0.25) is 14.5 Å². The average molecular weight is 504 g/mol. The first-order valence-electron chi connectivity index (χ1n) is 12.2. The van der Waals surface area contributed by atoms with E-state index in [4.69, 9.17) is 0 Å². The minimum absolute atomic E-state index is 0.0779. The summed E-state index contributed by atoms with van der Waals surface area (Å²) in [6.45, 7) is 1.79. The molecule has 1 heterocycles. The van der Waals surface area contributed by atoms with E-state index in [1.165, 1.54) is 0 Å². The van der Waals surface area contributed by atoms with Gasteiger partial charge in [0.25, 0.3) is 5.91 Å². The lowest BCUT2D eigenvalue weighted by Crippen LogP contribution is -2.39. The third kappa shape index (κ3) is 6.19. The summed E-state index contributed by atoms with van der Waals surface area (Å²) in [5, 5.41) is 5.90. The highest BCUT2D eigenvalue weighted by molar-refractivity contribution is 7.91. The molecule has 0 spiro atoms. The van der Waals surface area contributed by atoms with Gasteiger partial charge in [-0.2, -0.15) is 0 Å². The van der Waals surface area contributed by atoms with Crippen LogP contribution in [0.1, 0.15) is 28.8 Å². The number of anilines is 2. The molecule has 3 aromatic carbocycles. The van der Waals surface area contributed by atoms with E-state index < -0.39 is 9.84 Å². The third-order valence-electron chi connectivity index (χ3n) is 6.61. The second-order valence-electron chi connectivity index (χ2n) is 9.50. The Hall–Kier alpha value is -3.49. The Bertz CT molecular complexity index is 1350. The summed E-state index contributed by atoms with van der Waals surface area (Å²) in [6.07, 6.45) is 1.93. The summed E-state index contributed by atoms with van der Waals surface area (Å²) in [4.78, 5) is 26.9. The van der Waals surface area contributed by atoms with Gasteiger partial charge in [0.1, 0.15) is 0 Å². The van der Waals surface area contributed by atoms with Crippen molar-refractivity contribution < 1.29 is 18.0 Å². The predicted molar refractivity (Wildman–Crippen MR) is 142 cm³/mol. The fraction of sp³-hybridized carbons (Fsp3) is 0.286. The molecule has 0 atom stereocenters. The maximum absolute atomic E-state index is 12.7. The minimum atomic E-state index is -2.88. The molecule has 1 saturated carbocycles. The van der Waals surface area contributed by atoms with Crippen molar-refractivity contribution in [3.8, 4) is 11.1 Å². The van der Waals surface area contributed by atoms with Crippen molar-refractivity contribution in [3.63, 3.8) is 0 Å². The number of benzene rings is 3. The Labute approximate surface area is 211 Å². The Morgan fingerprint density at radius 1 is 0.806 bits per heavy atom. The molecule has 2 amide bonds. The van der Waals surface area contributed by atoms with Crippen LogP contribution in [-0.4, -0.2) is 49.7 Å². The van der Waals surface area contributed by atoms with Gasteiger partial charge in [-0.15, -0.1) is 0 Å². The molecule has 2 N–H and O–H groups in total. The van der Waals surface area contributed by atoms with Gasteiger partial charge in [-0.05, 0) is 65.9 Å². The molecule has 36 heavy (non-hydrogen) atoms. The molecule has 3 aromatic rings. The van der Waals surface area contributed by atoms with Crippen LogP contribution in [0.4, 0.5) is 11.4 Å². The van der Waals surface area contributed by atoms with Gasteiger partial charge in [0, 0.05) is 42.5 Å². The van der Waals surface area contributed by atoms with Crippen molar-refractivity contribution in [1.29, 1.82) is 0 Å². The number of rotatable bonds is 7. The lowest BCUT2D eigenvalue weighted by Gasteiger charge is -2.26. The Morgan fingerprint density at radius 2 is 1.50 bits per heavy atom. The zero-order chi connectivity index (χ0) is 25.1. The van der Waals surface area contributed by atoms with Crippen LogP contribution in [0.15, 0.2) is 72.8 Å². The van der Waals surface area contributed by atoms with E-state index in [0.29, 0.717) is 30.9 Å². The number of sulfone groups is 1. The molecule has 1 saturated heterocycles. The number of nitrogens with one attached hydrogen (secondary N) is 2. The fourth-order valence-electron chi connectivity index (χ4n) is 4.24. The summed E-state index contributed by atoms with van der Waals surface area (Å²) in [5.74, 6) is 0.457. The molecule has 0 bridgehead atoms. The predicted octanol–water partition coefficient (Wildman–Crippen LogP) is 4.18. The average Bonchev–Trinajstić information content (AvgIpc) is 3.73. The molecule has 1 aliphatic heterocycles. The van der Waals surface area contributed by atoms with Crippen molar-refractivity contribution in [1.82, 2.24) is 4.90 Å². The molecule has 0 unspecified atom stereocenters. The van der Waals surface area contributed by atoms with Gasteiger partial charge in [-0.1, -0.05) is 36.4 Å². The SMILES string of the molecule is O=C(Nc1ccc(CN2CCS(=O)(=O)CC2)cc1)c1ccc(-c2cccc(NC(=O)C3CC3)c2)cc1. The van der Waals surface area contributed by atoms with Gasteiger partial charge in [0.05, 0.1) is 11.5 Å². The van der Waals surface area contributed by atoms with E-state index in [1.54, 1.807) is 12.1 Å². The molecule has 2 aliphatic rings. The lowest BCUT2D eigenvalue weighted by atomic mass is 10.0. The molecular weight excluding hydrogens is 474 g/mol. The van der Waals surface area contributed by atoms with E-state index >= 15 is 0 Å². The van der Waals surface area contributed by atoms with Crippen molar-refractivity contribution in [2.45, 2.75) is 19.4 Å². The van der Waals surface area contributed by atoms with Crippen LogP contribution in [0.5, 0.6) is 0 Å². The van der Waals surface area contributed by atoms with Crippen LogP contribution in [0.3, 0.4) is 0 Å². The zero-order valence-electron chi connectivity index (χ0n) is 19.9. The first-order valence-corrected chi connectivity index (χ1v) is 14.0. The second kappa shape index (κ2) is 10.2. The minimum Gasteiger partial charge on any atom is -0.326 e. The quantitative estimate of drug-likeness (QED) is 0.504. The summed E-state index contributed by atoms with van der Waals surface area (Å²) in [7, 11) is -2.88. The van der Waals surface area contributed by atoms with Crippen molar-refractivity contribution in [3.05, 3.63) is 83.9 Å². The standard InChI is InChI=1S/C28H29N3O4S/c32-27(29-25-12-4-20(5-13-25)19-31-14-16-36(34,35)17-15-31)22-8-6-21(7-9-22)24-2-1-3-26(18-24)30-28(33)23-10-11-23/h1-9,12-13,18,23H,10-11,14-17,19H2,(H,29,32)(H,30,33). The van der Waals surface area contributed by atoms with E-state index in [-0.39, 0.29) is 29.2 Å². The first kappa shape index (κ1) is 24.2. The highest BCUT2D eigenvalue weighted by Gasteiger charge is 2.29. The molecular formula is C28H29N3O4S. The molecule has 2 fully saturated rings. The zero-order valence-corrected chi connectivity index (χ0v) is 20.8. The third-order valence-corrected chi connectivity index (χ3v) is 8.22. The first-order chi connectivity index (χ1) is 17.3. The number of hydrogen-bond acceptors (Lipinski definition) is 5. The largest absolute Gasteiger partial charge is 0.326 e. The van der Waals surface area contributed by atoms with Gasteiger partial charge >= 0.3 is 0 Å². The summed E-state index contributed by atoms with van der Waals surface area (Å²) >= 11 is 0. The Balaban J connectivity index is 1.17. The molecule has 186 valence electrons. The van der Waals surface area contributed by atoms with Crippen molar-refractivity contribution in [2.75, 3.05) is 35.2 Å². The topological polar surface area (TPSA) is 95.6 Å². The number of nitrogens with zero attached hydrogens (tertiary/aromatic N) is 1. The monoisotopic (exact) mass is 503 g/mol. The van der Waals surface area contributed by atoms with Crippen LogP contribution >= 0.6 is 0 Å². The van der Waals surface area contributed by atoms with E-state index in [2.05, 4.69) is 15.5 Å². The van der Waals surface area contributed by atoms with Crippen LogP contribution in [0, 0.1) is 5.92 Å². The van der Waals surface area contributed by atoms with Gasteiger partial charge in [-0.25, -0.2) is 8.42 Å². The summed E-state index contributed by atoms with van der Waals surface area (Å²) in [5.41, 5.74) is 5.04. The van der Waals surface area contributed by atoms with E-state index in [0.717, 1.165) is 35.2 Å². The fourth-order valence-corrected chi connectivity index (χ4v) is 5.52. The van der Waals surface area contributed by atoms with Crippen LogP contribution in [0.25, 0.3) is 11.1 Å². The number of carbonyl (C=O) groups is 2. The molecule has 0 radical (unpaired) electrons.